The van der Waals surface area contributed by atoms with Gasteiger partial charge in [0, 0.05) is 24.9 Å². The van der Waals surface area contributed by atoms with Crippen LogP contribution in [0.4, 0.5) is 0 Å². The molecule has 0 aliphatic rings. The van der Waals surface area contributed by atoms with Crippen molar-refractivity contribution in [3.05, 3.63) is 48.0 Å². The van der Waals surface area contributed by atoms with Crippen LogP contribution in [-0.4, -0.2) is 18.9 Å². The smallest absolute Gasteiger partial charge is 0.131 e. The van der Waals surface area contributed by atoms with Gasteiger partial charge in [-0.15, -0.1) is 0 Å². The zero-order valence-electron chi connectivity index (χ0n) is 12.6. The van der Waals surface area contributed by atoms with Crippen molar-refractivity contribution in [3.63, 3.8) is 0 Å². The molecule has 2 aromatic rings. The third-order valence-electron chi connectivity index (χ3n) is 3.75. The summed E-state index contributed by atoms with van der Waals surface area (Å²) in [6.45, 7) is 7.73. The molecule has 2 heteroatoms. The predicted molar refractivity (Wildman–Crippen MR) is 85.1 cm³/mol. The van der Waals surface area contributed by atoms with E-state index in [0.717, 1.165) is 13.1 Å². The number of benzene rings is 2. The predicted octanol–water partition coefficient (Wildman–Crippen LogP) is 3.69. The molecular formula is C18H23NO. The maximum absolute atomic E-state index is 10.9. The van der Waals surface area contributed by atoms with Gasteiger partial charge in [0.1, 0.15) is 5.78 Å². The lowest BCUT2D eigenvalue weighted by molar-refractivity contribution is -0.116. The van der Waals surface area contributed by atoms with Gasteiger partial charge in [0.2, 0.25) is 0 Å². The van der Waals surface area contributed by atoms with Crippen LogP contribution in [0.3, 0.4) is 0 Å². The molecule has 0 aliphatic heterocycles. The van der Waals surface area contributed by atoms with Crippen LogP contribution in [0.1, 0.15) is 32.8 Å². The van der Waals surface area contributed by atoms with Crippen LogP contribution in [0.15, 0.2) is 42.5 Å². The van der Waals surface area contributed by atoms with Crippen molar-refractivity contribution in [1.29, 1.82) is 0 Å². The number of carbonyl (C=O) groups is 1. The third kappa shape index (κ3) is 3.67. The van der Waals surface area contributed by atoms with E-state index < -0.39 is 0 Å². The number of carbonyl (C=O) groups excluding carboxylic acids is 1. The Morgan fingerprint density at radius 2 is 1.80 bits per heavy atom. The standard InChI is InChI=1S/C18H23NO/c1-14(20)10-11-19-13-18(2,3)17-9-8-15-6-4-5-7-16(15)12-17/h4-9,12,19H,10-11,13H2,1-3H3. The van der Waals surface area contributed by atoms with E-state index in [4.69, 9.17) is 0 Å². The normalized spacial score (nSPS) is 11.8. The SMILES string of the molecule is CC(=O)CCNCC(C)(C)c1ccc2ccccc2c1. The van der Waals surface area contributed by atoms with E-state index in [0.29, 0.717) is 6.42 Å². The average molecular weight is 269 g/mol. The Morgan fingerprint density at radius 1 is 1.10 bits per heavy atom. The molecule has 0 aliphatic carbocycles. The van der Waals surface area contributed by atoms with E-state index >= 15 is 0 Å². The fourth-order valence-electron chi connectivity index (χ4n) is 2.38. The van der Waals surface area contributed by atoms with Gasteiger partial charge in [0.25, 0.3) is 0 Å². The summed E-state index contributed by atoms with van der Waals surface area (Å²) < 4.78 is 0. The summed E-state index contributed by atoms with van der Waals surface area (Å²) in [5.41, 5.74) is 1.38. The van der Waals surface area contributed by atoms with Crippen LogP contribution in [0.2, 0.25) is 0 Å². The summed E-state index contributed by atoms with van der Waals surface area (Å²) in [6.07, 6.45) is 0.605. The van der Waals surface area contributed by atoms with Crippen molar-refractivity contribution in [2.45, 2.75) is 32.6 Å². The number of fused-ring (bicyclic) bond motifs is 1. The molecule has 106 valence electrons. The van der Waals surface area contributed by atoms with Gasteiger partial charge in [0.15, 0.2) is 0 Å². The van der Waals surface area contributed by atoms with Crippen molar-refractivity contribution in [3.8, 4) is 0 Å². The Balaban J connectivity index is 2.08. The van der Waals surface area contributed by atoms with E-state index in [1.165, 1.54) is 16.3 Å². The second kappa shape index (κ2) is 6.19. The first-order chi connectivity index (χ1) is 9.49. The van der Waals surface area contributed by atoms with Crippen LogP contribution in [0, 0.1) is 0 Å². The van der Waals surface area contributed by atoms with Crippen molar-refractivity contribution < 1.29 is 4.79 Å². The topological polar surface area (TPSA) is 29.1 Å². The molecule has 0 saturated carbocycles. The molecule has 0 spiro atoms. The highest BCUT2D eigenvalue weighted by Gasteiger charge is 2.20. The minimum absolute atomic E-state index is 0.0564. The zero-order valence-corrected chi connectivity index (χ0v) is 12.6. The van der Waals surface area contributed by atoms with Gasteiger partial charge in [0.05, 0.1) is 0 Å². The molecule has 0 amide bonds. The number of Topliss-reactive ketones (excluding diaryl/α,β-unsaturated/α-hetero) is 1. The monoisotopic (exact) mass is 269 g/mol. The van der Waals surface area contributed by atoms with Crippen LogP contribution in [-0.2, 0) is 10.2 Å². The summed E-state index contributed by atoms with van der Waals surface area (Å²) in [7, 11) is 0. The first-order valence-electron chi connectivity index (χ1n) is 7.18. The van der Waals surface area contributed by atoms with Crippen molar-refractivity contribution in [2.75, 3.05) is 13.1 Å². The maximum atomic E-state index is 10.9. The molecule has 0 bridgehead atoms. The molecule has 0 radical (unpaired) electrons. The molecule has 0 aromatic heterocycles. The molecule has 2 rings (SSSR count). The number of hydrogen-bond acceptors (Lipinski definition) is 2. The summed E-state index contributed by atoms with van der Waals surface area (Å²) in [5.74, 6) is 0.237. The van der Waals surface area contributed by atoms with Gasteiger partial charge < -0.3 is 5.32 Å². The Hall–Kier alpha value is -1.67. The highest BCUT2D eigenvalue weighted by atomic mass is 16.1. The first-order valence-corrected chi connectivity index (χ1v) is 7.18. The number of ketones is 1. The Labute approximate surface area is 121 Å². The van der Waals surface area contributed by atoms with Gasteiger partial charge in [-0.25, -0.2) is 0 Å². The summed E-state index contributed by atoms with van der Waals surface area (Å²) >= 11 is 0. The number of rotatable bonds is 6. The van der Waals surface area contributed by atoms with Gasteiger partial charge in [-0.2, -0.15) is 0 Å². The van der Waals surface area contributed by atoms with E-state index in [2.05, 4.69) is 61.6 Å². The summed E-state index contributed by atoms with van der Waals surface area (Å²) in [5, 5.41) is 5.94. The minimum atomic E-state index is 0.0564. The third-order valence-corrected chi connectivity index (χ3v) is 3.75. The van der Waals surface area contributed by atoms with Gasteiger partial charge in [-0.3, -0.25) is 4.79 Å². The summed E-state index contributed by atoms with van der Waals surface area (Å²) in [4.78, 5) is 10.9. The molecule has 1 N–H and O–H groups in total. The lowest BCUT2D eigenvalue weighted by Crippen LogP contribution is -2.33. The van der Waals surface area contributed by atoms with Crippen LogP contribution < -0.4 is 5.32 Å². The molecule has 20 heavy (non-hydrogen) atoms. The Kier molecular flexibility index (Phi) is 4.56. The average Bonchev–Trinajstić information content (AvgIpc) is 2.43. The van der Waals surface area contributed by atoms with Gasteiger partial charge in [-0.05, 0) is 23.3 Å². The van der Waals surface area contributed by atoms with Crippen molar-refractivity contribution >= 4 is 16.6 Å². The van der Waals surface area contributed by atoms with Gasteiger partial charge in [-0.1, -0.05) is 56.3 Å². The number of nitrogens with one attached hydrogen (secondary N) is 1. The lowest BCUT2D eigenvalue weighted by Gasteiger charge is -2.26. The largest absolute Gasteiger partial charge is 0.315 e. The van der Waals surface area contributed by atoms with Crippen molar-refractivity contribution in [1.82, 2.24) is 5.32 Å². The lowest BCUT2D eigenvalue weighted by atomic mass is 9.83. The first kappa shape index (κ1) is 14.7. The van der Waals surface area contributed by atoms with Crippen LogP contribution >= 0.6 is 0 Å². The zero-order chi connectivity index (χ0) is 14.6. The fraction of sp³-hybridized carbons (Fsp3) is 0.389. The Bertz CT molecular complexity index is 601. The number of hydrogen-bond donors (Lipinski definition) is 1. The van der Waals surface area contributed by atoms with Crippen LogP contribution in [0.25, 0.3) is 10.8 Å². The molecule has 0 fully saturated rings. The van der Waals surface area contributed by atoms with E-state index in [1.807, 2.05) is 0 Å². The van der Waals surface area contributed by atoms with Gasteiger partial charge >= 0.3 is 0 Å². The quantitative estimate of drug-likeness (QED) is 0.810. The molecule has 0 saturated heterocycles. The molecule has 2 aromatic carbocycles. The molecular weight excluding hydrogens is 246 g/mol. The van der Waals surface area contributed by atoms with Crippen LogP contribution in [0.5, 0.6) is 0 Å². The van der Waals surface area contributed by atoms with E-state index in [-0.39, 0.29) is 11.2 Å². The van der Waals surface area contributed by atoms with E-state index in [1.54, 1.807) is 6.92 Å². The maximum Gasteiger partial charge on any atom is 0.131 e. The minimum Gasteiger partial charge on any atom is -0.315 e. The highest BCUT2D eigenvalue weighted by Crippen LogP contribution is 2.26. The molecule has 0 heterocycles. The Morgan fingerprint density at radius 3 is 2.50 bits per heavy atom. The second-order valence-electron chi connectivity index (χ2n) is 6.07. The fourth-order valence-corrected chi connectivity index (χ4v) is 2.38. The van der Waals surface area contributed by atoms with E-state index in [9.17, 15) is 4.79 Å². The molecule has 2 nitrogen and oxygen atoms in total. The molecule has 0 unspecified atom stereocenters. The van der Waals surface area contributed by atoms with Crippen molar-refractivity contribution in [2.24, 2.45) is 0 Å². The molecule has 0 atom stereocenters. The summed E-state index contributed by atoms with van der Waals surface area (Å²) in [6, 6.07) is 15.1. The second-order valence-corrected chi connectivity index (χ2v) is 6.07. The highest BCUT2D eigenvalue weighted by molar-refractivity contribution is 5.83.